The Kier molecular flexibility index (Phi) is 1.52. The van der Waals surface area contributed by atoms with E-state index in [1.54, 1.807) is 0 Å². The van der Waals surface area contributed by atoms with Gasteiger partial charge in [0.15, 0.2) is 12.4 Å². The van der Waals surface area contributed by atoms with E-state index in [1.807, 2.05) is 35.3 Å². The van der Waals surface area contributed by atoms with E-state index in [2.05, 4.69) is 11.1 Å². The van der Waals surface area contributed by atoms with E-state index in [1.165, 1.54) is 0 Å². The van der Waals surface area contributed by atoms with E-state index in [4.69, 9.17) is 5.26 Å². The molecule has 3 nitrogen and oxygen atoms in total. The molecule has 2 heterocycles. The van der Waals surface area contributed by atoms with Crippen molar-refractivity contribution < 1.29 is 4.57 Å². The van der Waals surface area contributed by atoms with Gasteiger partial charge in [-0.2, -0.15) is 9.83 Å². The number of nitriles is 1. The van der Waals surface area contributed by atoms with Gasteiger partial charge in [-0.1, -0.05) is 0 Å². The monoisotopic (exact) mass is 158 g/mol. The van der Waals surface area contributed by atoms with Crippen LogP contribution in [0, 0.1) is 11.3 Å². The number of nitrogens with zero attached hydrogens (tertiary/aromatic N) is 2. The van der Waals surface area contributed by atoms with Crippen molar-refractivity contribution in [2.24, 2.45) is 0 Å². The van der Waals surface area contributed by atoms with Crippen molar-refractivity contribution in [3.8, 4) is 6.07 Å². The molecule has 0 saturated carbocycles. The summed E-state index contributed by atoms with van der Waals surface area (Å²) in [7, 11) is 0. The fourth-order valence-electron chi connectivity index (χ4n) is 1.22. The number of nitrogens with one attached hydrogen (secondary N) is 1. The number of hydrogen-bond donors (Lipinski definition) is 1. The van der Waals surface area contributed by atoms with Gasteiger partial charge >= 0.3 is 0 Å². The third-order valence-corrected chi connectivity index (χ3v) is 1.80. The molecule has 2 aromatic rings. The van der Waals surface area contributed by atoms with Crippen LogP contribution in [0.5, 0.6) is 0 Å². The first-order valence-electron chi connectivity index (χ1n) is 3.73. The number of aromatic amines is 1. The van der Waals surface area contributed by atoms with Crippen molar-refractivity contribution in [1.29, 1.82) is 5.26 Å². The molecule has 0 radical (unpaired) electrons. The van der Waals surface area contributed by atoms with Crippen molar-refractivity contribution in [3.63, 3.8) is 0 Å². The molecule has 0 aromatic carbocycles. The average Bonchev–Trinajstić information content (AvgIpc) is 2.51. The minimum absolute atomic E-state index is 0.404. The van der Waals surface area contributed by atoms with Gasteiger partial charge in [0.2, 0.25) is 6.54 Å². The number of hydrogen-bond acceptors (Lipinski definition) is 1. The van der Waals surface area contributed by atoms with Crippen LogP contribution in [0.1, 0.15) is 0 Å². The summed E-state index contributed by atoms with van der Waals surface area (Å²) in [6.45, 7) is 0.404. The number of fused-ring (bicyclic) bond motifs is 1. The Balaban J connectivity index is 2.54. The Morgan fingerprint density at radius 3 is 3.25 bits per heavy atom. The summed E-state index contributed by atoms with van der Waals surface area (Å²) < 4.78 is 1.86. The zero-order valence-electron chi connectivity index (χ0n) is 6.49. The first-order chi connectivity index (χ1) is 5.90. The van der Waals surface area contributed by atoms with Crippen molar-refractivity contribution in [2.45, 2.75) is 6.54 Å². The number of aromatic nitrogens is 2. The normalized spacial score (nSPS) is 9.92. The van der Waals surface area contributed by atoms with Gasteiger partial charge in [0.25, 0.3) is 0 Å². The van der Waals surface area contributed by atoms with Gasteiger partial charge in [0, 0.05) is 12.3 Å². The maximum atomic E-state index is 8.46. The number of pyridine rings is 1. The molecule has 1 N–H and O–H groups in total. The van der Waals surface area contributed by atoms with Crippen LogP contribution in [0.3, 0.4) is 0 Å². The topological polar surface area (TPSA) is 43.5 Å². The summed E-state index contributed by atoms with van der Waals surface area (Å²) in [6, 6.07) is 6.05. The lowest BCUT2D eigenvalue weighted by atomic mass is 10.3. The third-order valence-electron chi connectivity index (χ3n) is 1.80. The fourth-order valence-corrected chi connectivity index (χ4v) is 1.22. The van der Waals surface area contributed by atoms with Crippen LogP contribution < -0.4 is 4.57 Å². The first kappa shape index (κ1) is 6.86. The van der Waals surface area contributed by atoms with Gasteiger partial charge < -0.3 is 4.98 Å². The molecule has 3 heteroatoms. The molecule has 0 amide bonds. The molecule has 0 aliphatic rings. The molecule has 0 bridgehead atoms. The molecule has 0 spiro atoms. The van der Waals surface area contributed by atoms with Crippen LogP contribution in [0.15, 0.2) is 30.7 Å². The molecule has 0 atom stereocenters. The third kappa shape index (κ3) is 1.04. The summed E-state index contributed by atoms with van der Waals surface area (Å²) in [5.74, 6) is 0. The molecular formula is C9H8N3+. The van der Waals surface area contributed by atoms with Crippen LogP contribution in [0.25, 0.3) is 10.9 Å². The largest absolute Gasteiger partial charge is 0.361 e. The second-order valence-electron chi connectivity index (χ2n) is 2.62. The van der Waals surface area contributed by atoms with Gasteiger partial charge in [-0.3, -0.25) is 0 Å². The predicted octanol–water partition coefficient (Wildman–Crippen LogP) is 0.979. The molecule has 0 fully saturated rings. The van der Waals surface area contributed by atoms with E-state index in [9.17, 15) is 0 Å². The van der Waals surface area contributed by atoms with E-state index < -0.39 is 0 Å². The minimum atomic E-state index is 0.404. The maximum Gasteiger partial charge on any atom is 0.233 e. The maximum absolute atomic E-state index is 8.46. The zero-order chi connectivity index (χ0) is 8.39. The lowest BCUT2D eigenvalue weighted by Gasteiger charge is -1.88. The second-order valence-corrected chi connectivity index (χ2v) is 2.62. The molecule has 2 aromatic heterocycles. The van der Waals surface area contributed by atoms with Crippen molar-refractivity contribution in [1.82, 2.24) is 4.98 Å². The molecular weight excluding hydrogens is 150 g/mol. The van der Waals surface area contributed by atoms with Crippen LogP contribution >= 0.6 is 0 Å². The summed E-state index contributed by atoms with van der Waals surface area (Å²) in [4.78, 5) is 3.09. The highest BCUT2D eigenvalue weighted by Gasteiger charge is 2.01. The zero-order valence-corrected chi connectivity index (χ0v) is 6.49. The van der Waals surface area contributed by atoms with Gasteiger partial charge in [0.05, 0.1) is 10.9 Å². The smallest absolute Gasteiger partial charge is 0.233 e. The lowest BCUT2D eigenvalue weighted by Crippen LogP contribution is -2.31. The van der Waals surface area contributed by atoms with Crippen LogP contribution in [0.4, 0.5) is 0 Å². The summed E-state index contributed by atoms with van der Waals surface area (Å²) in [5.41, 5.74) is 1.10. The average molecular weight is 158 g/mol. The highest BCUT2D eigenvalue weighted by molar-refractivity contribution is 5.76. The van der Waals surface area contributed by atoms with Crippen molar-refractivity contribution in [3.05, 3.63) is 30.7 Å². The van der Waals surface area contributed by atoms with Crippen LogP contribution in [-0.2, 0) is 6.54 Å². The number of rotatable bonds is 1. The standard InChI is InChI=1S/C9H7N3/c10-3-6-12-5-2-9-8(7-12)1-4-11-9/h1-2,4-5,7H,6H2/p+1. The Labute approximate surface area is 69.9 Å². The quantitative estimate of drug-likeness (QED) is 0.617. The second kappa shape index (κ2) is 2.67. The summed E-state index contributed by atoms with van der Waals surface area (Å²) in [6.07, 6.45) is 5.73. The Bertz CT molecular complexity index is 436. The van der Waals surface area contributed by atoms with Crippen LogP contribution in [-0.4, -0.2) is 4.98 Å². The van der Waals surface area contributed by atoms with E-state index in [0.717, 1.165) is 10.9 Å². The molecule has 58 valence electrons. The van der Waals surface area contributed by atoms with E-state index >= 15 is 0 Å². The summed E-state index contributed by atoms with van der Waals surface area (Å²) >= 11 is 0. The lowest BCUT2D eigenvalue weighted by molar-refractivity contribution is -0.683. The van der Waals surface area contributed by atoms with E-state index in [-0.39, 0.29) is 0 Å². The highest BCUT2D eigenvalue weighted by Crippen LogP contribution is 2.06. The van der Waals surface area contributed by atoms with Crippen LogP contribution in [0.2, 0.25) is 0 Å². The summed E-state index contributed by atoms with van der Waals surface area (Å²) in [5, 5.41) is 9.60. The molecule has 2 rings (SSSR count). The molecule has 12 heavy (non-hydrogen) atoms. The minimum Gasteiger partial charge on any atom is -0.361 e. The van der Waals surface area contributed by atoms with Gasteiger partial charge in [-0.05, 0) is 6.07 Å². The molecule has 0 saturated heterocycles. The first-order valence-corrected chi connectivity index (χ1v) is 3.73. The predicted molar refractivity (Wildman–Crippen MR) is 44.1 cm³/mol. The van der Waals surface area contributed by atoms with Gasteiger partial charge in [-0.25, -0.2) is 0 Å². The molecule has 0 aliphatic carbocycles. The molecule has 0 aliphatic heterocycles. The van der Waals surface area contributed by atoms with Crippen molar-refractivity contribution >= 4 is 10.9 Å². The van der Waals surface area contributed by atoms with E-state index in [0.29, 0.717) is 6.54 Å². The number of H-pyrrole nitrogens is 1. The van der Waals surface area contributed by atoms with Gasteiger partial charge in [-0.15, -0.1) is 0 Å². The Morgan fingerprint density at radius 1 is 1.50 bits per heavy atom. The van der Waals surface area contributed by atoms with Gasteiger partial charge in [0.1, 0.15) is 6.07 Å². The fraction of sp³-hybridized carbons (Fsp3) is 0.111. The SMILES string of the molecule is N#CC[n+]1ccc2[nH]ccc2c1. The molecule has 0 unspecified atom stereocenters. The highest BCUT2D eigenvalue weighted by atomic mass is 14.9. The van der Waals surface area contributed by atoms with Crippen molar-refractivity contribution in [2.75, 3.05) is 0 Å². The Hall–Kier alpha value is -1.82. The Morgan fingerprint density at radius 2 is 2.42 bits per heavy atom.